The van der Waals surface area contributed by atoms with Crippen LogP contribution in [0.5, 0.6) is 0 Å². The van der Waals surface area contributed by atoms with Gasteiger partial charge in [-0.2, -0.15) is 0 Å². The zero-order valence-electron chi connectivity index (χ0n) is 15.2. The number of pyridine rings is 1. The Morgan fingerprint density at radius 1 is 1.14 bits per heavy atom. The number of nitrogens with one attached hydrogen (secondary N) is 1. The molecule has 0 radical (unpaired) electrons. The second kappa shape index (κ2) is 7.98. The van der Waals surface area contributed by atoms with Crippen LogP contribution in [0.2, 0.25) is 5.15 Å². The van der Waals surface area contributed by atoms with Gasteiger partial charge in [-0.1, -0.05) is 35.9 Å². The Morgan fingerprint density at radius 2 is 2.00 bits per heavy atom. The number of halogens is 1. The summed E-state index contributed by atoms with van der Waals surface area (Å²) in [5, 5.41) is 4.15. The van der Waals surface area contributed by atoms with Crippen LogP contribution in [-0.2, 0) is 16.0 Å². The van der Waals surface area contributed by atoms with Gasteiger partial charge in [-0.15, -0.1) is 0 Å². The number of amides is 1. The highest BCUT2D eigenvalue weighted by Crippen LogP contribution is 2.29. The van der Waals surface area contributed by atoms with E-state index < -0.39 is 5.97 Å². The second-order valence-corrected chi connectivity index (χ2v) is 7.22. The molecule has 1 heterocycles. The minimum Gasteiger partial charge on any atom is -0.452 e. The average Bonchev–Trinajstić information content (AvgIpc) is 2.72. The SMILES string of the molecule is O=C(COC(=O)c1ccc2nc(Cl)ccc2c1)NC1CCCc2ccccc21. The molecule has 28 heavy (non-hydrogen) atoms. The first-order valence-electron chi connectivity index (χ1n) is 9.21. The molecule has 2 aromatic carbocycles. The summed E-state index contributed by atoms with van der Waals surface area (Å²) in [6.07, 6.45) is 2.94. The van der Waals surface area contributed by atoms with Crippen LogP contribution in [0, 0.1) is 0 Å². The largest absolute Gasteiger partial charge is 0.452 e. The Hall–Kier alpha value is -2.92. The third-order valence-corrected chi connectivity index (χ3v) is 5.14. The minimum atomic E-state index is -0.545. The van der Waals surface area contributed by atoms with Crippen molar-refractivity contribution in [2.75, 3.05) is 6.61 Å². The molecular weight excluding hydrogens is 376 g/mol. The predicted molar refractivity (Wildman–Crippen MR) is 107 cm³/mol. The zero-order chi connectivity index (χ0) is 19.5. The van der Waals surface area contributed by atoms with E-state index in [-0.39, 0.29) is 18.6 Å². The van der Waals surface area contributed by atoms with Crippen molar-refractivity contribution in [3.05, 3.63) is 76.4 Å². The summed E-state index contributed by atoms with van der Waals surface area (Å²) < 4.78 is 5.19. The summed E-state index contributed by atoms with van der Waals surface area (Å²) in [7, 11) is 0. The third kappa shape index (κ3) is 3.99. The van der Waals surface area contributed by atoms with Crippen molar-refractivity contribution in [1.29, 1.82) is 0 Å². The highest BCUT2D eigenvalue weighted by Gasteiger charge is 2.22. The topological polar surface area (TPSA) is 68.3 Å². The van der Waals surface area contributed by atoms with Gasteiger partial charge in [-0.05, 0) is 60.7 Å². The Balaban J connectivity index is 1.37. The molecule has 1 aliphatic rings. The summed E-state index contributed by atoms with van der Waals surface area (Å²) in [5.74, 6) is -0.847. The number of hydrogen-bond donors (Lipinski definition) is 1. The van der Waals surface area contributed by atoms with Crippen molar-refractivity contribution in [2.24, 2.45) is 0 Å². The van der Waals surface area contributed by atoms with Crippen molar-refractivity contribution in [1.82, 2.24) is 10.3 Å². The summed E-state index contributed by atoms with van der Waals surface area (Å²) >= 11 is 5.87. The van der Waals surface area contributed by atoms with Crippen molar-refractivity contribution in [2.45, 2.75) is 25.3 Å². The molecule has 0 aliphatic heterocycles. The number of fused-ring (bicyclic) bond motifs is 2. The van der Waals surface area contributed by atoms with E-state index in [1.807, 2.05) is 18.2 Å². The summed E-state index contributed by atoms with van der Waals surface area (Å²) in [6, 6.07) is 16.5. The Labute approximate surface area is 167 Å². The maximum absolute atomic E-state index is 12.3. The van der Waals surface area contributed by atoms with Gasteiger partial charge in [0.1, 0.15) is 5.15 Å². The molecule has 1 atom stereocenters. The highest BCUT2D eigenvalue weighted by atomic mass is 35.5. The van der Waals surface area contributed by atoms with Crippen LogP contribution in [0.15, 0.2) is 54.6 Å². The predicted octanol–water partition coefficient (Wildman–Crippen LogP) is 4.24. The lowest BCUT2D eigenvalue weighted by Gasteiger charge is -2.26. The minimum absolute atomic E-state index is 0.0346. The van der Waals surface area contributed by atoms with E-state index in [0.717, 1.165) is 30.2 Å². The molecule has 4 rings (SSSR count). The molecule has 1 N–H and O–H groups in total. The lowest BCUT2D eigenvalue weighted by Crippen LogP contribution is -2.34. The molecule has 1 aromatic heterocycles. The van der Waals surface area contributed by atoms with Gasteiger partial charge in [0.2, 0.25) is 0 Å². The Bertz CT molecular complexity index is 1050. The fraction of sp³-hybridized carbons (Fsp3) is 0.227. The molecule has 5 nitrogen and oxygen atoms in total. The number of aryl methyl sites for hydroxylation is 1. The lowest BCUT2D eigenvalue weighted by molar-refractivity contribution is -0.125. The van der Waals surface area contributed by atoms with Gasteiger partial charge in [0, 0.05) is 5.39 Å². The van der Waals surface area contributed by atoms with Gasteiger partial charge in [0.05, 0.1) is 17.1 Å². The van der Waals surface area contributed by atoms with Gasteiger partial charge in [-0.3, -0.25) is 4.79 Å². The van der Waals surface area contributed by atoms with Crippen LogP contribution >= 0.6 is 11.6 Å². The number of ether oxygens (including phenoxy) is 1. The molecule has 0 fully saturated rings. The van der Waals surface area contributed by atoms with Crippen molar-refractivity contribution in [3.8, 4) is 0 Å². The Morgan fingerprint density at radius 3 is 2.89 bits per heavy atom. The molecule has 0 spiro atoms. The molecule has 1 amide bonds. The maximum Gasteiger partial charge on any atom is 0.338 e. The summed E-state index contributed by atoms with van der Waals surface area (Å²) in [6.45, 7) is -0.311. The smallest absolute Gasteiger partial charge is 0.338 e. The molecule has 1 unspecified atom stereocenters. The second-order valence-electron chi connectivity index (χ2n) is 6.83. The number of hydrogen-bond acceptors (Lipinski definition) is 4. The van der Waals surface area contributed by atoms with Crippen LogP contribution in [0.1, 0.15) is 40.4 Å². The molecule has 6 heteroatoms. The lowest BCUT2D eigenvalue weighted by atomic mass is 9.88. The van der Waals surface area contributed by atoms with E-state index in [0.29, 0.717) is 16.2 Å². The molecule has 1 aliphatic carbocycles. The van der Waals surface area contributed by atoms with Crippen LogP contribution in [0.3, 0.4) is 0 Å². The normalized spacial score (nSPS) is 15.7. The van der Waals surface area contributed by atoms with Gasteiger partial charge in [0.25, 0.3) is 5.91 Å². The molecule has 0 saturated heterocycles. The van der Waals surface area contributed by atoms with Gasteiger partial charge >= 0.3 is 5.97 Å². The van der Waals surface area contributed by atoms with Gasteiger partial charge in [0.15, 0.2) is 6.61 Å². The standard InChI is InChI=1S/C22H19ClN2O3/c23-20-11-9-15-12-16(8-10-18(15)24-20)22(27)28-13-21(26)25-19-7-3-5-14-4-1-2-6-17(14)19/h1-2,4,6,8-12,19H,3,5,7,13H2,(H,25,26). The first-order valence-corrected chi connectivity index (χ1v) is 9.58. The zero-order valence-corrected chi connectivity index (χ0v) is 15.9. The van der Waals surface area contributed by atoms with Crippen LogP contribution in [-0.4, -0.2) is 23.5 Å². The van der Waals surface area contributed by atoms with Gasteiger partial charge in [-0.25, -0.2) is 9.78 Å². The number of aromatic nitrogens is 1. The van der Waals surface area contributed by atoms with E-state index in [9.17, 15) is 9.59 Å². The van der Waals surface area contributed by atoms with Gasteiger partial charge < -0.3 is 10.1 Å². The van der Waals surface area contributed by atoms with E-state index in [2.05, 4.69) is 16.4 Å². The molecule has 0 bridgehead atoms. The average molecular weight is 395 g/mol. The summed E-state index contributed by atoms with van der Waals surface area (Å²) in [5.41, 5.74) is 3.47. The molecular formula is C22H19ClN2O3. The monoisotopic (exact) mass is 394 g/mol. The maximum atomic E-state index is 12.3. The van der Waals surface area contributed by atoms with Crippen molar-refractivity contribution in [3.63, 3.8) is 0 Å². The molecule has 3 aromatic rings. The van der Waals surface area contributed by atoms with E-state index >= 15 is 0 Å². The molecule has 142 valence electrons. The number of rotatable bonds is 4. The first-order chi connectivity index (χ1) is 13.6. The Kier molecular flexibility index (Phi) is 5.26. The van der Waals surface area contributed by atoms with Crippen molar-refractivity contribution >= 4 is 34.4 Å². The van der Waals surface area contributed by atoms with E-state index in [1.165, 1.54) is 5.56 Å². The fourth-order valence-electron chi connectivity index (χ4n) is 3.58. The van der Waals surface area contributed by atoms with Crippen LogP contribution in [0.25, 0.3) is 10.9 Å². The van der Waals surface area contributed by atoms with E-state index in [1.54, 1.807) is 30.3 Å². The number of carbonyl (C=O) groups excluding carboxylic acids is 2. The number of nitrogens with zero attached hydrogens (tertiary/aromatic N) is 1. The number of benzene rings is 2. The van der Waals surface area contributed by atoms with Crippen LogP contribution < -0.4 is 5.32 Å². The summed E-state index contributed by atoms with van der Waals surface area (Å²) in [4.78, 5) is 28.8. The van der Waals surface area contributed by atoms with Crippen LogP contribution in [0.4, 0.5) is 0 Å². The number of esters is 1. The third-order valence-electron chi connectivity index (χ3n) is 4.93. The van der Waals surface area contributed by atoms with Crippen molar-refractivity contribution < 1.29 is 14.3 Å². The van der Waals surface area contributed by atoms with E-state index in [4.69, 9.17) is 16.3 Å². The quantitative estimate of drug-likeness (QED) is 0.531. The highest BCUT2D eigenvalue weighted by molar-refractivity contribution is 6.29. The number of carbonyl (C=O) groups is 2. The fourth-order valence-corrected chi connectivity index (χ4v) is 3.74. The molecule has 0 saturated carbocycles. The first kappa shape index (κ1) is 18.4.